The summed E-state index contributed by atoms with van der Waals surface area (Å²) < 4.78 is 31.6. The van der Waals surface area contributed by atoms with Crippen LogP contribution >= 0.6 is 0 Å². The van der Waals surface area contributed by atoms with Gasteiger partial charge < -0.3 is 9.72 Å². The zero-order valence-corrected chi connectivity index (χ0v) is 14.5. The van der Waals surface area contributed by atoms with Crippen molar-refractivity contribution in [2.75, 3.05) is 0 Å². The molecule has 126 valence electrons. The molecule has 0 fully saturated rings. The third-order valence-electron chi connectivity index (χ3n) is 4.22. The van der Waals surface area contributed by atoms with E-state index in [1.807, 2.05) is 25.1 Å². The number of para-hydroxylation sites is 1. The molecule has 1 heterocycles. The van der Waals surface area contributed by atoms with E-state index in [-0.39, 0.29) is 0 Å². The van der Waals surface area contributed by atoms with Crippen LogP contribution in [0.5, 0.6) is 5.75 Å². The Morgan fingerprint density at radius 2 is 2.04 bits per heavy atom. The molecule has 6 heteroatoms. The SMILES string of the molecule is CC1=CCC(C)(S(=O)(=O)C(Oc2ccccc2)c2cnc[nH]2)C=C1. The lowest BCUT2D eigenvalue weighted by Crippen LogP contribution is -2.39. The van der Waals surface area contributed by atoms with E-state index in [9.17, 15) is 8.42 Å². The smallest absolute Gasteiger partial charge is 0.240 e. The third kappa shape index (κ3) is 3.01. The fourth-order valence-corrected chi connectivity index (χ4v) is 4.34. The maximum Gasteiger partial charge on any atom is 0.240 e. The van der Waals surface area contributed by atoms with Gasteiger partial charge in [-0.2, -0.15) is 0 Å². The number of aromatic nitrogens is 2. The molecular weight excluding hydrogens is 324 g/mol. The molecule has 2 atom stereocenters. The molecule has 0 spiro atoms. The molecule has 2 unspecified atom stereocenters. The van der Waals surface area contributed by atoms with Gasteiger partial charge in [0.05, 0.1) is 23.0 Å². The first kappa shape index (κ1) is 16.5. The van der Waals surface area contributed by atoms with Gasteiger partial charge in [-0.3, -0.25) is 0 Å². The minimum absolute atomic E-state index is 0.416. The largest absolute Gasteiger partial charge is 0.468 e. The topological polar surface area (TPSA) is 72.1 Å². The summed E-state index contributed by atoms with van der Waals surface area (Å²) in [5, 5.41) is 0. The summed E-state index contributed by atoms with van der Waals surface area (Å²) in [5.74, 6) is 0.496. The lowest BCUT2D eigenvalue weighted by atomic mass is 9.98. The molecule has 2 aromatic rings. The maximum atomic E-state index is 13.4. The monoisotopic (exact) mass is 344 g/mol. The van der Waals surface area contributed by atoms with E-state index >= 15 is 0 Å². The first-order valence-electron chi connectivity index (χ1n) is 7.72. The van der Waals surface area contributed by atoms with Gasteiger partial charge in [-0.25, -0.2) is 13.4 Å². The second-order valence-corrected chi connectivity index (χ2v) is 8.56. The highest BCUT2D eigenvalue weighted by Crippen LogP contribution is 2.38. The number of ether oxygens (including phenoxy) is 1. The van der Waals surface area contributed by atoms with Crippen molar-refractivity contribution in [3.8, 4) is 5.75 Å². The van der Waals surface area contributed by atoms with E-state index < -0.39 is 20.0 Å². The maximum absolute atomic E-state index is 13.4. The van der Waals surface area contributed by atoms with Gasteiger partial charge in [0.1, 0.15) is 5.75 Å². The van der Waals surface area contributed by atoms with Crippen LogP contribution in [0.15, 0.2) is 66.7 Å². The van der Waals surface area contributed by atoms with Crippen LogP contribution in [0, 0.1) is 0 Å². The zero-order valence-electron chi connectivity index (χ0n) is 13.6. The Labute approximate surface area is 142 Å². The number of aromatic amines is 1. The molecule has 1 aromatic heterocycles. The molecule has 0 aliphatic heterocycles. The molecule has 24 heavy (non-hydrogen) atoms. The normalized spacial score (nSPS) is 22.0. The Kier molecular flexibility index (Phi) is 4.32. The van der Waals surface area contributed by atoms with Crippen LogP contribution in [0.1, 0.15) is 31.4 Å². The Morgan fingerprint density at radius 3 is 2.62 bits per heavy atom. The van der Waals surface area contributed by atoms with E-state index in [0.29, 0.717) is 17.9 Å². The fraction of sp³-hybridized carbons (Fsp3) is 0.278. The zero-order chi connectivity index (χ0) is 17.2. The van der Waals surface area contributed by atoms with Crippen LogP contribution in [-0.2, 0) is 9.84 Å². The van der Waals surface area contributed by atoms with Crippen molar-refractivity contribution in [2.24, 2.45) is 0 Å². The highest BCUT2D eigenvalue weighted by molar-refractivity contribution is 7.93. The number of benzene rings is 1. The van der Waals surface area contributed by atoms with E-state index in [4.69, 9.17) is 4.74 Å². The summed E-state index contributed by atoms with van der Waals surface area (Å²) in [6.45, 7) is 3.68. The van der Waals surface area contributed by atoms with Gasteiger partial charge in [-0.05, 0) is 32.4 Å². The van der Waals surface area contributed by atoms with Gasteiger partial charge >= 0.3 is 0 Å². The van der Waals surface area contributed by atoms with Gasteiger partial charge in [-0.1, -0.05) is 42.0 Å². The minimum Gasteiger partial charge on any atom is -0.468 e. The van der Waals surface area contributed by atoms with Crippen LogP contribution in [0.25, 0.3) is 0 Å². The predicted octanol–water partition coefficient (Wildman–Crippen LogP) is 3.57. The van der Waals surface area contributed by atoms with Gasteiger partial charge in [0, 0.05) is 0 Å². The first-order valence-corrected chi connectivity index (χ1v) is 9.26. The lowest BCUT2D eigenvalue weighted by molar-refractivity contribution is 0.271. The number of H-pyrrole nitrogens is 1. The van der Waals surface area contributed by atoms with Crippen LogP contribution in [0.3, 0.4) is 0 Å². The molecule has 1 aromatic carbocycles. The first-order chi connectivity index (χ1) is 11.4. The molecule has 0 bridgehead atoms. The van der Waals surface area contributed by atoms with Crippen molar-refractivity contribution in [3.05, 3.63) is 72.4 Å². The van der Waals surface area contributed by atoms with E-state index in [2.05, 4.69) is 9.97 Å². The number of allylic oxidation sites excluding steroid dienone is 3. The number of rotatable bonds is 5. The summed E-state index contributed by atoms with van der Waals surface area (Å²) in [6, 6.07) is 8.94. The van der Waals surface area contributed by atoms with Crippen molar-refractivity contribution in [1.82, 2.24) is 9.97 Å². The van der Waals surface area contributed by atoms with Gasteiger partial charge in [0.25, 0.3) is 0 Å². The molecule has 5 nitrogen and oxygen atoms in total. The third-order valence-corrected chi connectivity index (χ3v) is 6.74. The molecule has 0 saturated heterocycles. The Bertz CT molecular complexity index is 855. The molecular formula is C18H20N2O3S. The average molecular weight is 344 g/mol. The molecule has 1 aliphatic carbocycles. The molecule has 1 aliphatic rings. The highest BCUT2D eigenvalue weighted by atomic mass is 32.2. The molecule has 3 rings (SSSR count). The summed E-state index contributed by atoms with van der Waals surface area (Å²) in [5.41, 5.74) is 0.327. The quantitative estimate of drug-likeness (QED) is 0.900. The number of nitrogens with one attached hydrogen (secondary N) is 1. The van der Waals surface area contributed by atoms with Crippen LogP contribution in [0.2, 0.25) is 0 Å². The number of imidazole rings is 1. The van der Waals surface area contributed by atoms with Crippen molar-refractivity contribution in [2.45, 2.75) is 30.5 Å². The van der Waals surface area contributed by atoms with E-state index in [0.717, 1.165) is 5.57 Å². The highest BCUT2D eigenvalue weighted by Gasteiger charge is 2.45. The van der Waals surface area contributed by atoms with Gasteiger partial charge in [0.2, 0.25) is 15.3 Å². The second kappa shape index (κ2) is 6.28. The van der Waals surface area contributed by atoms with Crippen LogP contribution in [-0.4, -0.2) is 23.1 Å². The molecule has 0 saturated carbocycles. The van der Waals surface area contributed by atoms with E-state index in [1.165, 1.54) is 12.5 Å². The lowest BCUT2D eigenvalue weighted by Gasteiger charge is -2.31. The average Bonchev–Trinajstić information content (AvgIpc) is 3.10. The van der Waals surface area contributed by atoms with Gasteiger partial charge in [0.15, 0.2) is 0 Å². The Hall–Kier alpha value is -2.34. The summed E-state index contributed by atoms with van der Waals surface area (Å²) in [6.07, 6.45) is 8.88. The van der Waals surface area contributed by atoms with Crippen LogP contribution in [0.4, 0.5) is 0 Å². The number of sulfone groups is 1. The minimum atomic E-state index is -3.69. The van der Waals surface area contributed by atoms with E-state index in [1.54, 1.807) is 37.3 Å². The standard InChI is InChI=1S/C18H20N2O3S/c1-14-8-10-18(2,11-9-14)24(21,22)17(16-12-19-13-20-16)23-15-6-4-3-5-7-15/h3-10,12-13,17H,11H2,1-2H3,(H,19,20). The summed E-state index contributed by atoms with van der Waals surface area (Å²) in [4.78, 5) is 6.82. The number of hydrogen-bond donors (Lipinski definition) is 1. The van der Waals surface area contributed by atoms with Crippen molar-refractivity contribution >= 4 is 9.84 Å². The summed E-state index contributed by atoms with van der Waals surface area (Å²) in [7, 11) is -3.69. The summed E-state index contributed by atoms with van der Waals surface area (Å²) >= 11 is 0. The van der Waals surface area contributed by atoms with Crippen molar-refractivity contribution in [1.29, 1.82) is 0 Å². The molecule has 1 N–H and O–H groups in total. The predicted molar refractivity (Wildman–Crippen MR) is 93.2 cm³/mol. The van der Waals surface area contributed by atoms with Crippen molar-refractivity contribution in [3.63, 3.8) is 0 Å². The number of nitrogens with zero attached hydrogens (tertiary/aromatic N) is 1. The Morgan fingerprint density at radius 1 is 1.29 bits per heavy atom. The van der Waals surface area contributed by atoms with Crippen molar-refractivity contribution < 1.29 is 13.2 Å². The molecule has 0 amide bonds. The van der Waals surface area contributed by atoms with Gasteiger partial charge in [-0.15, -0.1) is 0 Å². The fourth-order valence-electron chi connectivity index (χ4n) is 2.58. The molecule has 0 radical (unpaired) electrons. The second-order valence-electron chi connectivity index (χ2n) is 6.11. The van der Waals surface area contributed by atoms with Crippen LogP contribution < -0.4 is 4.74 Å². The number of hydrogen-bond acceptors (Lipinski definition) is 4. The Balaban J connectivity index is 2.00.